The average molecular weight is 351 g/mol. The maximum atomic E-state index is 13.8. The number of amides is 1. The summed E-state index contributed by atoms with van der Waals surface area (Å²) in [7, 11) is 0. The zero-order valence-electron chi connectivity index (χ0n) is 13.0. The molecule has 1 aromatic heterocycles. The van der Waals surface area contributed by atoms with E-state index in [1.165, 1.54) is 6.07 Å². The summed E-state index contributed by atoms with van der Waals surface area (Å²) in [5, 5.41) is 14.7. The Balaban J connectivity index is 1.75. The second kappa shape index (κ2) is 6.98. The summed E-state index contributed by atoms with van der Waals surface area (Å²) in [6.45, 7) is 0.824. The molecule has 7 nitrogen and oxygen atoms in total. The predicted molar refractivity (Wildman–Crippen MR) is 81.7 cm³/mol. The number of carboxylic acids is 1. The van der Waals surface area contributed by atoms with Crippen LogP contribution in [0.2, 0.25) is 0 Å². The van der Waals surface area contributed by atoms with E-state index < -0.39 is 35.5 Å². The van der Waals surface area contributed by atoms with E-state index in [9.17, 15) is 23.5 Å². The third kappa shape index (κ3) is 3.66. The third-order valence-electron chi connectivity index (χ3n) is 4.01. The van der Waals surface area contributed by atoms with Gasteiger partial charge >= 0.3 is 11.9 Å². The number of aliphatic carboxylic acids is 1. The zero-order chi connectivity index (χ0) is 18.0. The van der Waals surface area contributed by atoms with E-state index in [2.05, 4.69) is 15.6 Å². The van der Waals surface area contributed by atoms with E-state index in [1.54, 1.807) is 0 Å². The first-order chi connectivity index (χ1) is 12.0. The number of aromatic nitrogens is 1. The highest BCUT2D eigenvalue weighted by Gasteiger charge is 2.32. The van der Waals surface area contributed by atoms with E-state index in [1.807, 2.05) is 0 Å². The first-order valence-electron chi connectivity index (χ1n) is 7.61. The largest absolute Gasteiger partial charge is 0.481 e. The van der Waals surface area contributed by atoms with Gasteiger partial charge in [-0.25, -0.2) is 13.8 Å². The van der Waals surface area contributed by atoms with Gasteiger partial charge in [-0.2, -0.15) is 0 Å². The lowest BCUT2D eigenvalue weighted by molar-refractivity contribution is -0.143. The van der Waals surface area contributed by atoms with Crippen LogP contribution in [0.5, 0.6) is 0 Å². The molecule has 0 radical (unpaired) electrons. The number of nitrogens with zero attached hydrogens (tertiary/aromatic N) is 1. The molecule has 0 bridgehead atoms. The molecule has 0 saturated carbocycles. The van der Waals surface area contributed by atoms with E-state index in [4.69, 9.17) is 4.42 Å². The van der Waals surface area contributed by atoms with Crippen molar-refractivity contribution >= 4 is 11.9 Å². The monoisotopic (exact) mass is 351 g/mol. The Morgan fingerprint density at radius 3 is 2.88 bits per heavy atom. The highest BCUT2D eigenvalue weighted by atomic mass is 19.1. The predicted octanol–water partition coefficient (Wildman–Crippen LogP) is 1.41. The van der Waals surface area contributed by atoms with Gasteiger partial charge in [-0.05, 0) is 25.1 Å². The van der Waals surface area contributed by atoms with Crippen molar-refractivity contribution in [1.82, 2.24) is 15.6 Å². The summed E-state index contributed by atoms with van der Waals surface area (Å²) < 4.78 is 32.0. The Labute approximate surface area is 141 Å². The topological polar surface area (TPSA) is 104 Å². The highest BCUT2D eigenvalue weighted by Crippen LogP contribution is 2.24. The van der Waals surface area contributed by atoms with Crippen molar-refractivity contribution in [2.24, 2.45) is 5.92 Å². The van der Waals surface area contributed by atoms with E-state index in [0.717, 1.165) is 12.3 Å². The number of carbonyl (C=O) groups excluding carboxylic acids is 1. The number of hydrogen-bond acceptors (Lipinski definition) is 5. The molecule has 1 aliphatic heterocycles. The van der Waals surface area contributed by atoms with Crippen molar-refractivity contribution in [3.05, 3.63) is 41.9 Å². The lowest BCUT2D eigenvalue weighted by atomic mass is 9.93. The molecule has 2 aromatic rings. The van der Waals surface area contributed by atoms with Crippen LogP contribution in [0.3, 0.4) is 0 Å². The summed E-state index contributed by atoms with van der Waals surface area (Å²) >= 11 is 0. The molecule has 3 N–H and O–H groups in total. The number of rotatable bonds is 4. The summed E-state index contributed by atoms with van der Waals surface area (Å²) in [4.78, 5) is 27.3. The quantitative estimate of drug-likeness (QED) is 0.769. The Morgan fingerprint density at radius 2 is 2.16 bits per heavy atom. The fourth-order valence-corrected chi connectivity index (χ4v) is 2.71. The molecular formula is C16H15F2N3O4. The number of halogens is 2. The minimum atomic E-state index is -1.01. The molecular weight excluding hydrogens is 336 g/mol. The molecule has 2 atom stereocenters. The van der Waals surface area contributed by atoms with Crippen LogP contribution in [0.1, 0.15) is 17.1 Å². The molecule has 0 spiro atoms. The van der Waals surface area contributed by atoms with Crippen molar-refractivity contribution in [2.45, 2.75) is 12.5 Å². The first-order valence-corrected chi connectivity index (χ1v) is 7.61. The molecule has 1 aromatic carbocycles. The molecule has 25 heavy (non-hydrogen) atoms. The molecule has 1 aliphatic rings. The van der Waals surface area contributed by atoms with Gasteiger partial charge in [0.2, 0.25) is 0 Å². The van der Waals surface area contributed by atoms with Crippen LogP contribution >= 0.6 is 0 Å². The third-order valence-corrected chi connectivity index (χ3v) is 4.01. The molecule has 0 aliphatic carbocycles. The second-order valence-electron chi connectivity index (χ2n) is 5.67. The van der Waals surface area contributed by atoms with Crippen molar-refractivity contribution in [1.29, 1.82) is 0 Å². The van der Waals surface area contributed by atoms with Crippen molar-refractivity contribution in [2.75, 3.05) is 13.1 Å². The van der Waals surface area contributed by atoms with Crippen LogP contribution in [-0.4, -0.2) is 41.1 Å². The number of piperidine rings is 1. The Hall–Kier alpha value is -2.81. The van der Waals surface area contributed by atoms with Gasteiger partial charge in [0.05, 0.1) is 17.7 Å². The van der Waals surface area contributed by atoms with Crippen LogP contribution < -0.4 is 10.6 Å². The molecule has 0 unspecified atom stereocenters. The lowest BCUT2D eigenvalue weighted by Gasteiger charge is -2.29. The zero-order valence-corrected chi connectivity index (χ0v) is 13.0. The number of nitrogens with one attached hydrogen (secondary N) is 2. The van der Waals surface area contributed by atoms with Gasteiger partial charge in [-0.1, -0.05) is 0 Å². The number of oxazole rings is 1. The van der Waals surface area contributed by atoms with Gasteiger partial charge in [0.15, 0.2) is 5.76 Å². The normalized spacial score (nSPS) is 20.2. The highest BCUT2D eigenvalue weighted by molar-refractivity contribution is 5.90. The van der Waals surface area contributed by atoms with Gasteiger partial charge in [0.1, 0.15) is 11.6 Å². The van der Waals surface area contributed by atoms with Gasteiger partial charge < -0.3 is 20.2 Å². The van der Waals surface area contributed by atoms with E-state index in [-0.39, 0.29) is 23.8 Å². The van der Waals surface area contributed by atoms with Crippen LogP contribution in [0.15, 0.2) is 28.8 Å². The van der Waals surface area contributed by atoms with E-state index >= 15 is 0 Å². The molecule has 1 amide bonds. The smallest absolute Gasteiger partial charge is 0.309 e. The number of carbonyl (C=O) groups is 2. The minimum Gasteiger partial charge on any atom is -0.481 e. The van der Waals surface area contributed by atoms with Crippen LogP contribution in [-0.2, 0) is 4.79 Å². The molecule has 9 heteroatoms. The maximum absolute atomic E-state index is 13.8. The Bertz CT molecular complexity index is 808. The standard InChI is InChI=1S/C16H15F2N3O4/c17-8-1-2-9(11(18)5-8)13-7-20-15(25-13)14(22)21-12-3-4-19-6-10(12)16(23)24/h1-2,5,7,10,12,19H,3-4,6H2,(H,21,22)(H,23,24)/t10-,12-/m0/s1. The fraction of sp³-hybridized carbons (Fsp3) is 0.312. The summed E-state index contributed by atoms with van der Waals surface area (Å²) in [6, 6.07) is 2.38. The van der Waals surface area contributed by atoms with Gasteiger partial charge in [0, 0.05) is 18.7 Å². The lowest BCUT2D eigenvalue weighted by Crippen LogP contribution is -2.52. The van der Waals surface area contributed by atoms with Gasteiger partial charge in [-0.15, -0.1) is 0 Å². The van der Waals surface area contributed by atoms with Gasteiger partial charge in [-0.3, -0.25) is 9.59 Å². The molecule has 2 heterocycles. The second-order valence-corrected chi connectivity index (χ2v) is 5.67. The summed E-state index contributed by atoms with van der Waals surface area (Å²) in [5.41, 5.74) is -0.0294. The summed E-state index contributed by atoms with van der Waals surface area (Å²) in [6.07, 6.45) is 1.60. The van der Waals surface area contributed by atoms with Crippen LogP contribution in [0.4, 0.5) is 8.78 Å². The Morgan fingerprint density at radius 1 is 1.36 bits per heavy atom. The molecule has 1 fully saturated rings. The first kappa shape index (κ1) is 17.0. The van der Waals surface area contributed by atoms with Crippen molar-refractivity contribution in [3.63, 3.8) is 0 Å². The Kier molecular flexibility index (Phi) is 4.75. The summed E-state index contributed by atoms with van der Waals surface area (Å²) in [5.74, 6) is -4.38. The number of carboxylic acid groups (broad SMARTS) is 1. The van der Waals surface area contributed by atoms with Crippen LogP contribution in [0.25, 0.3) is 11.3 Å². The SMILES string of the molecule is O=C(N[C@H]1CCNC[C@@H]1C(=O)O)c1ncc(-c2ccc(F)cc2F)o1. The number of benzene rings is 1. The van der Waals surface area contributed by atoms with Crippen LogP contribution in [0, 0.1) is 17.6 Å². The molecule has 3 rings (SSSR count). The van der Waals surface area contributed by atoms with Gasteiger partial charge in [0.25, 0.3) is 5.89 Å². The van der Waals surface area contributed by atoms with Crippen molar-refractivity contribution < 1.29 is 27.9 Å². The minimum absolute atomic E-state index is 0.0252. The average Bonchev–Trinajstić information content (AvgIpc) is 3.05. The molecule has 1 saturated heterocycles. The molecule has 132 valence electrons. The maximum Gasteiger partial charge on any atom is 0.309 e. The van der Waals surface area contributed by atoms with E-state index in [0.29, 0.717) is 19.0 Å². The van der Waals surface area contributed by atoms with Crippen molar-refractivity contribution in [3.8, 4) is 11.3 Å². The fourth-order valence-electron chi connectivity index (χ4n) is 2.71. The number of hydrogen-bond donors (Lipinski definition) is 3.